The molecule has 2 aliphatic rings. The molecule has 2 heterocycles. The standard InChI is InChI=1S/C14H20N2/c1-2-5-12(6-3-1)13-7-8-15-14(11-13)16-9-4-10-16/h1-3,5-6,13-15H,4,7-11H2. The third kappa shape index (κ3) is 2.00. The van der Waals surface area contributed by atoms with E-state index in [1.54, 1.807) is 0 Å². The van der Waals surface area contributed by atoms with Gasteiger partial charge < -0.3 is 5.32 Å². The molecule has 0 amide bonds. The topological polar surface area (TPSA) is 15.3 Å². The van der Waals surface area contributed by atoms with Crippen LogP contribution in [0.3, 0.4) is 0 Å². The van der Waals surface area contributed by atoms with Crippen molar-refractivity contribution in [1.82, 2.24) is 10.2 Å². The van der Waals surface area contributed by atoms with Gasteiger partial charge in [-0.3, -0.25) is 4.90 Å². The molecule has 1 N–H and O–H groups in total. The van der Waals surface area contributed by atoms with E-state index in [0.29, 0.717) is 6.17 Å². The minimum Gasteiger partial charge on any atom is -0.302 e. The van der Waals surface area contributed by atoms with Crippen LogP contribution >= 0.6 is 0 Å². The van der Waals surface area contributed by atoms with Crippen molar-refractivity contribution in [3.63, 3.8) is 0 Å². The Morgan fingerprint density at radius 1 is 1.12 bits per heavy atom. The molecular weight excluding hydrogens is 196 g/mol. The zero-order chi connectivity index (χ0) is 10.8. The summed E-state index contributed by atoms with van der Waals surface area (Å²) in [5.41, 5.74) is 1.52. The highest BCUT2D eigenvalue weighted by molar-refractivity contribution is 5.20. The van der Waals surface area contributed by atoms with Gasteiger partial charge in [0.05, 0.1) is 6.17 Å². The number of rotatable bonds is 2. The van der Waals surface area contributed by atoms with Crippen molar-refractivity contribution in [3.05, 3.63) is 35.9 Å². The van der Waals surface area contributed by atoms with E-state index in [9.17, 15) is 0 Å². The molecule has 0 radical (unpaired) electrons. The number of hydrogen-bond acceptors (Lipinski definition) is 2. The first kappa shape index (κ1) is 10.3. The van der Waals surface area contributed by atoms with E-state index >= 15 is 0 Å². The summed E-state index contributed by atoms with van der Waals surface area (Å²) >= 11 is 0. The Morgan fingerprint density at radius 2 is 1.94 bits per heavy atom. The van der Waals surface area contributed by atoms with E-state index in [1.165, 1.54) is 44.5 Å². The summed E-state index contributed by atoms with van der Waals surface area (Å²) in [7, 11) is 0. The molecule has 0 bridgehead atoms. The molecule has 0 aliphatic carbocycles. The molecule has 1 aromatic rings. The molecular formula is C14H20N2. The van der Waals surface area contributed by atoms with Gasteiger partial charge in [0.2, 0.25) is 0 Å². The van der Waals surface area contributed by atoms with Crippen LogP contribution in [-0.2, 0) is 0 Å². The molecule has 16 heavy (non-hydrogen) atoms. The summed E-state index contributed by atoms with van der Waals surface area (Å²) in [5.74, 6) is 0.757. The zero-order valence-corrected chi connectivity index (χ0v) is 9.73. The minimum atomic E-state index is 0.632. The fourth-order valence-corrected chi connectivity index (χ4v) is 2.85. The predicted octanol–water partition coefficient (Wildman–Crippen LogP) is 2.19. The van der Waals surface area contributed by atoms with Crippen LogP contribution in [0.2, 0.25) is 0 Å². The first-order valence-corrected chi connectivity index (χ1v) is 6.46. The van der Waals surface area contributed by atoms with Crippen LogP contribution in [-0.4, -0.2) is 30.7 Å². The number of likely N-dealkylation sites (tertiary alicyclic amines) is 1. The number of nitrogens with one attached hydrogen (secondary N) is 1. The van der Waals surface area contributed by atoms with Crippen molar-refractivity contribution in [2.24, 2.45) is 0 Å². The molecule has 2 nitrogen and oxygen atoms in total. The molecule has 86 valence electrons. The molecule has 2 heteroatoms. The van der Waals surface area contributed by atoms with Gasteiger partial charge in [0.15, 0.2) is 0 Å². The molecule has 0 spiro atoms. The monoisotopic (exact) mass is 216 g/mol. The Balaban J connectivity index is 1.67. The summed E-state index contributed by atoms with van der Waals surface area (Å²) in [5, 5.41) is 3.65. The van der Waals surface area contributed by atoms with E-state index < -0.39 is 0 Å². The molecule has 0 aromatic heterocycles. The second kappa shape index (κ2) is 4.56. The Morgan fingerprint density at radius 3 is 2.62 bits per heavy atom. The lowest BCUT2D eigenvalue weighted by Gasteiger charge is -2.43. The zero-order valence-electron chi connectivity index (χ0n) is 9.73. The van der Waals surface area contributed by atoms with Gasteiger partial charge in [0, 0.05) is 13.1 Å². The summed E-state index contributed by atoms with van der Waals surface area (Å²) in [6, 6.07) is 11.0. The van der Waals surface area contributed by atoms with Gasteiger partial charge in [0.25, 0.3) is 0 Å². The summed E-state index contributed by atoms with van der Waals surface area (Å²) in [4.78, 5) is 2.58. The third-order valence-corrected chi connectivity index (χ3v) is 3.98. The van der Waals surface area contributed by atoms with Gasteiger partial charge in [-0.05, 0) is 37.3 Å². The van der Waals surface area contributed by atoms with Crippen molar-refractivity contribution in [2.45, 2.75) is 31.3 Å². The van der Waals surface area contributed by atoms with Crippen LogP contribution in [0, 0.1) is 0 Å². The second-order valence-corrected chi connectivity index (χ2v) is 4.99. The van der Waals surface area contributed by atoms with E-state index in [0.717, 1.165) is 5.92 Å². The molecule has 1 aromatic carbocycles. The fourth-order valence-electron chi connectivity index (χ4n) is 2.85. The molecule has 2 fully saturated rings. The number of nitrogens with zero attached hydrogens (tertiary/aromatic N) is 1. The lowest BCUT2D eigenvalue weighted by atomic mass is 9.88. The Bertz CT molecular complexity index is 332. The lowest BCUT2D eigenvalue weighted by molar-refractivity contribution is 0.0703. The van der Waals surface area contributed by atoms with Crippen LogP contribution in [0.4, 0.5) is 0 Å². The lowest BCUT2D eigenvalue weighted by Crippen LogP contribution is -2.55. The van der Waals surface area contributed by atoms with E-state index in [4.69, 9.17) is 0 Å². The number of benzene rings is 1. The Kier molecular flexibility index (Phi) is 2.94. The van der Waals surface area contributed by atoms with Crippen LogP contribution in [0.15, 0.2) is 30.3 Å². The normalized spacial score (nSPS) is 31.0. The van der Waals surface area contributed by atoms with Crippen molar-refractivity contribution in [2.75, 3.05) is 19.6 Å². The average Bonchev–Trinajstić information content (AvgIpc) is 2.28. The van der Waals surface area contributed by atoms with E-state index in [2.05, 4.69) is 40.5 Å². The summed E-state index contributed by atoms with van der Waals surface area (Å²) < 4.78 is 0. The molecule has 2 atom stereocenters. The van der Waals surface area contributed by atoms with E-state index in [-0.39, 0.29) is 0 Å². The first-order chi connectivity index (χ1) is 7.93. The SMILES string of the molecule is c1ccc(C2CCNC(N3CCC3)C2)cc1. The van der Waals surface area contributed by atoms with Gasteiger partial charge in [-0.25, -0.2) is 0 Å². The van der Waals surface area contributed by atoms with Crippen LogP contribution in [0.25, 0.3) is 0 Å². The molecule has 2 saturated heterocycles. The average molecular weight is 216 g/mol. The maximum Gasteiger partial charge on any atom is 0.0602 e. The maximum atomic E-state index is 3.65. The summed E-state index contributed by atoms with van der Waals surface area (Å²) in [6.45, 7) is 3.75. The van der Waals surface area contributed by atoms with Crippen LogP contribution in [0.1, 0.15) is 30.7 Å². The Hall–Kier alpha value is -0.860. The third-order valence-electron chi connectivity index (χ3n) is 3.98. The van der Waals surface area contributed by atoms with E-state index in [1.807, 2.05) is 0 Å². The predicted molar refractivity (Wildman–Crippen MR) is 66.4 cm³/mol. The summed E-state index contributed by atoms with van der Waals surface area (Å²) in [6.07, 6.45) is 4.58. The maximum absolute atomic E-state index is 3.65. The molecule has 2 unspecified atom stereocenters. The minimum absolute atomic E-state index is 0.632. The second-order valence-electron chi connectivity index (χ2n) is 4.99. The van der Waals surface area contributed by atoms with Crippen molar-refractivity contribution in [3.8, 4) is 0 Å². The van der Waals surface area contributed by atoms with Gasteiger partial charge in [-0.15, -0.1) is 0 Å². The molecule has 0 saturated carbocycles. The number of hydrogen-bond donors (Lipinski definition) is 1. The highest BCUT2D eigenvalue weighted by atomic mass is 15.3. The van der Waals surface area contributed by atoms with Crippen molar-refractivity contribution in [1.29, 1.82) is 0 Å². The quantitative estimate of drug-likeness (QED) is 0.815. The first-order valence-electron chi connectivity index (χ1n) is 6.46. The highest BCUT2D eigenvalue weighted by Crippen LogP contribution is 2.29. The van der Waals surface area contributed by atoms with Crippen molar-refractivity contribution < 1.29 is 0 Å². The Labute approximate surface area is 97.6 Å². The van der Waals surface area contributed by atoms with Gasteiger partial charge in [-0.2, -0.15) is 0 Å². The van der Waals surface area contributed by atoms with Gasteiger partial charge in [0.1, 0.15) is 0 Å². The van der Waals surface area contributed by atoms with Gasteiger partial charge >= 0.3 is 0 Å². The van der Waals surface area contributed by atoms with Crippen LogP contribution < -0.4 is 5.32 Å². The smallest absolute Gasteiger partial charge is 0.0602 e. The number of piperidine rings is 1. The molecule has 2 aliphatic heterocycles. The fraction of sp³-hybridized carbons (Fsp3) is 0.571. The highest BCUT2D eigenvalue weighted by Gasteiger charge is 2.29. The molecule has 3 rings (SSSR count). The largest absolute Gasteiger partial charge is 0.302 e. The van der Waals surface area contributed by atoms with Crippen molar-refractivity contribution >= 4 is 0 Å². The van der Waals surface area contributed by atoms with Gasteiger partial charge in [-0.1, -0.05) is 30.3 Å². The van der Waals surface area contributed by atoms with Crippen LogP contribution in [0.5, 0.6) is 0 Å².